The van der Waals surface area contributed by atoms with Crippen molar-refractivity contribution in [2.75, 3.05) is 12.4 Å². The molecule has 1 unspecified atom stereocenters. The molecule has 26 heavy (non-hydrogen) atoms. The van der Waals surface area contributed by atoms with E-state index in [4.69, 9.17) is 4.74 Å². The van der Waals surface area contributed by atoms with Crippen LogP contribution in [0.4, 0.5) is 5.13 Å². The minimum Gasteiger partial charge on any atom is -0.377 e. The van der Waals surface area contributed by atoms with Gasteiger partial charge in [-0.3, -0.25) is 19.5 Å². The second-order valence-corrected chi connectivity index (χ2v) is 6.96. The largest absolute Gasteiger partial charge is 0.377 e. The van der Waals surface area contributed by atoms with Gasteiger partial charge < -0.3 is 4.74 Å². The lowest BCUT2D eigenvalue weighted by atomic mass is 10.1. The second kappa shape index (κ2) is 7.76. The molecule has 2 aromatic heterocycles. The fraction of sp³-hybridized carbons (Fsp3) is 0.333. The van der Waals surface area contributed by atoms with Crippen LogP contribution in [0.25, 0.3) is 10.9 Å². The van der Waals surface area contributed by atoms with Crippen LogP contribution in [0.1, 0.15) is 30.0 Å². The van der Waals surface area contributed by atoms with Crippen LogP contribution in [0, 0.1) is 6.92 Å². The predicted molar refractivity (Wildman–Crippen MR) is 102 cm³/mol. The highest BCUT2D eigenvalue weighted by Crippen LogP contribution is 2.23. The van der Waals surface area contributed by atoms with Crippen molar-refractivity contribution in [2.45, 2.75) is 32.9 Å². The molecule has 0 aliphatic carbocycles. The van der Waals surface area contributed by atoms with E-state index in [9.17, 15) is 9.59 Å². The summed E-state index contributed by atoms with van der Waals surface area (Å²) in [4.78, 5) is 25.5. The molecule has 0 saturated carbocycles. The Kier molecular flexibility index (Phi) is 5.43. The monoisotopic (exact) mass is 372 g/mol. The van der Waals surface area contributed by atoms with Crippen LogP contribution >= 0.6 is 11.3 Å². The first kappa shape index (κ1) is 18.2. The maximum atomic E-state index is 12.8. The average molecular weight is 372 g/mol. The zero-order chi connectivity index (χ0) is 18.7. The molecule has 7 nitrogen and oxygen atoms in total. The molecular formula is C18H20N4O3S. The highest BCUT2D eigenvalue weighted by atomic mass is 32.1. The smallest absolute Gasteiger partial charge is 0.252 e. The Hall–Kier alpha value is -2.58. The van der Waals surface area contributed by atoms with Gasteiger partial charge in [-0.2, -0.15) is 0 Å². The zero-order valence-electron chi connectivity index (χ0n) is 14.9. The molecule has 2 heterocycles. The minimum absolute atomic E-state index is 0.194. The van der Waals surface area contributed by atoms with Gasteiger partial charge in [0.05, 0.1) is 5.52 Å². The lowest BCUT2D eigenvalue weighted by Gasteiger charge is -2.20. The van der Waals surface area contributed by atoms with Crippen LogP contribution in [0.15, 0.2) is 35.1 Å². The van der Waals surface area contributed by atoms with Gasteiger partial charge in [-0.05, 0) is 25.0 Å². The number of rotatable bonds is 6. The predicted octanol–water partition coefficient (Wildman–Crippen LogP) is 2.90. The minimum atomic E-state index is -0.636. The first-order valence-corrected chi connectivity index (χ1v) is 9.09. The fourth-order valence-electron chi connectivity index (χ4n) is 2.95. The van der Waals surface area contributed by atoms with Crippen molar-refractivity contribution in [2.24, 2.45) is 0 Å². The molecule has 1 N–H and O–H groups in total. The summed E-state index contributed by atoms with van der Waals surface area (Å²) in [6.07, 6.45) is 0.475. The molecule has 1 aromatic carbocycles. The number of amides is 1. The Balaban J connectivity index is 1.97. The number of nitrogens with zero attached hydrogens (tertiary/aromatic N) is 3. The number of fused-ring (bicyclic) bond motifs is 1. The highest BCUT2D eigenvalue weighted by Gasteiger charge is 2.23. The number of aromatic nitrogens is 3. The van der Waals surface area contributed by atoms with E-state index in [1.807, 2.05) is 38.1 Å². The van der Waals surface area contributed by atoms with Crippen molar-refractivity contribution < 1.29 is 9.53 Å². The van der Waals surface area contributed by atoms with E-state index in [2.05, 4.69) is 15.5 Å². The molecule has 3 aromatic rings. The number of methoxy groups -OCH3 is 1. The molecule has 0 bridgehead atoms. The number of ether oxygens (including phenoxy) is 1. The standard InChI is InChI=1S/C18H20N4O3S/c1-4-13(17(24)19-18-21-20-15(26-18)10-25-3)22-14-8-6-5-7-12(14)11(2)9-16(22)23/h5-9,13H,4,10H2,1-3H3,(H,19,21,24). The zero-order valence-corrected chi connectivity index (χ0v) is 15.7. The van der Waals surface area contributed by atoms with Crippen LogP contribution in [0.2, 0.25) is 0 Å². The summed E-state index contributed by atoms with van der Waals surface area (Å²) < 4.78 is 6.56. The quantitative estimate of drug-likeness (QED) is 0.719. The number of pyridine rings is 1. The third-order valence-electron chi connectivity index (χ3n) is 4.13. The van der Waals surface area contributed by atoms with Crippen molar-refractivity contribution in [1.82, 2.24) is 14.8 Å². The number of nitrogens with one attached hydrogen (secondary N) is 1. The van der Waals surface area contributed by atoms with E-state index < -0.39 is 6.04 Å². The summed E-state index contributed by atoms with van der Waals surface area (Å²) in [6, 6.07) is 8.53. The lowest BCUT2D eigenvalue weighted by Crippen LogP contribution is -2.33. The number of benzene rings is 1. The second-order valence-electron chi connectivity index (χ2n) is 5.90. The molecule has 0 spiro atoms. The third-order valence-corrected chi connectivity index (χ3v) is 4.94. The number of carbonyl (C=O) groups is 1. The summed E-state index contributed by atoms with van der Waals surface area (Å²) in [5.41, 5.74) is 1.45. The summed E-state index contributed by atoms with van der Waals surface area (Å²) in [5.74, 6) is -0.288. The molecule has 0 radical (unpaired) electrons. The molecular weight excluding hydrogens is 352 g/mol. The van der Waals surface area contributed by atoms with Gasteiger partial charge in [0.15, 0.2) is 0 Å². The summed E-state index contributed by atoms with van der Waals surface area (Å²) in [6.45, 7) is 4.11. The average Bonchev–Trinajstić information content (AvgIpc) is 3.05. The van der Waals surface area contributed by atoms with E-state index in [-0.39, 0.29) is 11.5 Å². The first-order valence-electron chi connectivity index (χ1n) is 8.28. The van der Waals surface area contributed by atoms with Crippen LogP contribution < -0.4 is 10.9 Å². The number of hydrogen-bond donors (Lipinski definition) is 1. The molecule has 0 aliphatic heterocycles. The van der Waals surface area contributed by atoms with E-state index in [0.717, 1.165) is 16.5 Å². The van der Waals surface area contributed by atoms with Crippen molar-refractivity contribution >= 4 is 33.3 Å². The van der Waals surface area contributed by atoms with Crippen molar-refractivity contribution in [3.63, 3.8) is 0 Å². The molecule has 1 amide bonds. The van der Waals surface area contributed by atoms with Gasteiger partial charge in [-0.15, -0.1) is 10.2 Å². The van der Waals surface area contributed by atoms with E-state index in [1.165, 1.54) is 11.3 Å². The third kappa shape index (κ3) is 3.51. The van der Waals surface area contributed by atoms with Crippen LogP contribution in [0.5, 0.6) is 0 Å². The molecule has 0 aliphatic rings. The number of aryl methyl sites for hydroxylation is 1. The Morgan fingerprint density at radius 2 is 2.12 bits per heavy atom. The van der Waals surface area contributed by atoms with Crippen LogP contribution in [0.3, 0.4) is 0 Å². The summed E-state index contributed by atoms with van der Waals surface area (Å²) in [7, 11) is 1.57. The van der Waals surface area contributed by atoms with E-state index in [1.54, 1.807) is 17.7 Å². The lowest BCUT2D eigenvalue weighted by molar-refractivity contribution is -0.119. The normalized spacial score (nSPS) is 12.3. The SMILES string of the molecule is CCC(C(=O)Nc1nnc(COC)s1)n1c(=O)cc(C)c2ccccc21. The van der Waals surface area contributed by atoms with Gasteiger partial charge in [-0.1, -0.05) is 36.5 Å². The van der Waals surface area contributed by atoms with Crippen molar-refractivity contribution in [3.05, 3.63) is 51.3 Å². The maximum Gasteiger partial charge on any atom is 0.252 e. The Labute approximate surface area is 154 Å². The molecule has 0 fully saturated rings. The molecule has 8 heteroatoms. The topological polar surface area (TPSA) is 86.1 Å². The molecule has 0 saturated heterocycles. The van der Waals surface area contributed by atoms with Crippen LogP contribution in [-0.2, 0) is 16.1 Å². The van der Waals surface area contributed by atoms with Crippen molar-refractivity contribution in [3.8, 4) is 0 Å². The first-order chi connectivity index (χ1) is 12.5. The van der Waals surface area contributed by atoms with Gasteiger partial charge in [0.2, 0.25) is 11.0 Å². The van der Waals surface area contributed by atoms with Gasteiger partial charge in [0.25, 0.3) is 5.56 Å². The van der Waals surface area contributed by atoms with Gasteiger partial charge >= 0.3 is 0 Å². The maximum absolute atomic E-state index is 12.8. The van der Waals surface area contributed by atoms with Crippen LogP contribution in [-0.4, -0.2) is 27.8 Å². The highest BCUT2D eigenvalue weighted by molar-refractivity contribution is 7.15. The number of hydrogen-bond acceptors (Lipinski definition) is 6. The molecule has 136 valence electrons. The van der Waals surface area contributed by atoms with E-state index in [0.29, 0.717) is 23.2 Å². The van der Waals surface area contributed by atoms with Crippen molar-refractivity contribution in [1.29, 1.82) is 0 Å². The fourth-order valence-corrected chi connectivity index (χ4v) is 3.66. The van der Waals surface area contributed by atoms with Gasteiger partial charge in [-0.25, -0.2) is 0 Å². The van der Waals surface area contributed by atoms with Gasteiger partial charge in [0, 0.05) is 18.6 Å². The Morgan fingerprint density at radius 1 is 1.35 bits per heavy atom. The Morgan fingerprint density at radius 3 is 2.85 bits per heavy atom. The Bertz CT molecular complexity index is 996. The summed E-state index contributed by atoms with van der Waals surface area (Å²) in [5, 5.41) is 12.7. The number of para-hydroxylation sites is 1. The number of anilines is 1. The molecule has 3 rings (SSSR count). The summed E-state index contributed by atoms with van der Waals surface area (Å²) >= 11 is 1.25. The molecule has 1 atom stereocenters. The van der Waals surface area contributed by atoms with Gasteiger partial charge in [0.1, 0.15) is 17.7 Å². The number of carbonyl (C=O) groups excluding carboxylic acids is 1. The van der Waals surface area contributed by atoms with E-state index >= 15 is 0 Å².